The Morgan fingerprint density at radius 2 is 1.82 bits per heavy atom. The van der Waals surface area contributed by atoms with Crippen LogP contribution in [-0.4, -0.2) is 37.8 Å². The topological polar surface area (TPSA) is 92.6 Å². The SMILES string of the molecule is Cc1cc(C(O)=C2C(=O)C(=O)N(Cc3cccnc3)[C@@H]2c2cccnc2)ccc1OC(C)C. The fourth-order valence-electron chi connectivity index (χ4n) is 3.95. The van der Waals surface area contributed by atoms with Gasteiger partial charge in [0.2, 0.25) is 0 Å². The number of aromatic nitrogens is 2. The summed E-state index contributed by atoms with van der Waals surface area (Å²) < 4.78 is 5.78. The molecule has 3 heterocycles. The van der Waals surface area contributed by atoms with E-state index in [0.717, 1.165) is 11.1 Å². The maximum absolute atomic E-state index is 13.1. The van der Waals surface area contributed by atoms with Crippen LogP contribution < -0.4 is 4.74 Å². The third-order valence-corrected chi connectivity index (χ3v) is 5.43. The van der Waals surface area contributed by atoms with Gasteiger partial charge in [0.25, 0.3) is 11.7 Å². The van der Waals surface area contributed by atoms with Gasteiger partial charge in [-0.1, -0.05) is 12.1 Å². The summed E-state index contributed by atoms with van der Waals surface area (Å²) in [5.74, 6) is -0.936. The first kappa shape index (κ1) is 22.2. The summed E-state index contributed by atoms with van der Waals surface area (Å²) in [6, 6.07) is 11.6. The van der Waals surface area contributed by atoms with E-state index in [1.807, 2.05) is 26.8 Å². The Morgan fingerprint density at radius 1 is 1.09 bits per heavy atom. The molecule has 0 spiro atoms. The summed E-state index contributed by atoms with van der Waals surface area (Å²) >= 11 is 0. The van der Waals surface area contributed by atoms with Crippen molar-refractivity contribution in [3.05, 3.63) is 95.1 Å². The van der Waals surface area contributed by atoms with Crippen LogP contribution in [0.1, 0.15) is 42.1 Å². The molecule has 0 bridgehead atoms. The first-order chi connectivity index (χ1) is 15.9. The van der Waals surface area contributed by atoms with E-state index in [0.29, 0.717) is 16.9 Å². The molecular weight excluding hydrogens is 418 g/mol. The molecule has 0 saturated carbocycles. The van der Waals surface area contributed by atoms with Crippen molar-refractivity contribution in [3.8, 4) is 5.75 Å². The zero-order valence-corrected chi connectivity index (χ0v) is 18.7. The Morgan fingerprint density at radius 3 is 2.42 bits per heavy atom. The van der Waals surface area contributed by atoms with Crippen LogP contribution in [0.25, 0.3) is 5.76 Å². The number of carbonyl (C=O) groups excluding carboxylic acids is 2. The number of aliphatic hydroxyl groups excluding tert-OH is 1. The van der Waals surface area contributed by atoms with E-state index in [9.17, 15) is 14.7 Å². The Bertz CT molecular complexity index is 1210. The lowest BCUT2D eigenvalue weighted by Gasteiger charge is -2.25. The van der Waals surface area contributed by atoms with Crippen LogP contribution >= 0.6 is 0 Å². The molecule has 2 aromatic heterocycles. The minimum absolute atomic E-state index is 0.00604. The highest BCUT2D eigenvalue weighted by Crippen LogP contribution is 2.40. The number of carbonyl (C=O) groups is 2. The second-order valence-electron chi connectivity index (χ2n) is 8.22. The normalized spacial score (nSPS) is 17.6. The number of hydrogen-bond donors (Lipinski definition) is 1. The average molecular weight is 444 g/mol. The van der Waals surface area contributed by atoms with Gasteiger partial charge >= 0.3 is 0 Å². The largest absolute Gasteiger partial charge is 0.507 e. The second kappa shape index (κ2) is 9.24. The molecule has 7 heteroatoms. The van der Waals surface area contributed by atoms with Gasteiger partial charge in [-0.3, -0.25) is 19.6 Å². The van der Waals surface area contributed by atoms with Crippen LogP contribution in [0.15, 0.2) is 72.8 Å². The van der Waals surface area contributed by atoms with Crippen molar-refractivity contribution < 1.29 is 19.4 Å². The lowest BCUT2D eigenvalue weighted by atomic mass is 9.95. The highest BCUT2D eigenvalue weighted by atomic mass is 16.5. The van der Waals surface area contributed by atoms with Crippen LogP contribution in [0, 0.1) is 6.92 Å². The third-order valence-electron chi connectivity index (χ3n) is 5.43. The Balaban J connectivity index is 1.81. The summed E-state index contributed by atoms with van der Waals surface area (Å²) in [5.41, 5.74) is 2.71. The number of rotatable bonds is 6. The molecule has 3 aromatic rings. The van der Waals surface area contributed by atoms with Gasteiger partial charge in [-0.05, 0) is 67.8 Å². The minimum Gasteiger partial charge on any atom is -0.507 e. The first-order valence-electron chi connectivity index (χ1n) is 10.7. The fourth-order valence-corrected chi connectivity index (χ4v) is 3.95. The van der Waals surface area contributed by atoms with Crippen LogP contribution in [0.4, 0.5) is 0 Å². The van der Waals surface area contributed by atoms with Crippen LogP contribution in [-0.2, 0) is 16.1 Å². The average Bonchev–Trinajstić information content (AvgIpc) is 3.06. The Hall–Kier alpha value is -4.00. The lowest BCUT2D eigenvalue weighted by Crippen LogP contribution is -2.29. The van der Waals surface area contributed by atoms with Gasteiger partial charge in [0.1, 0.15) is 11.5 Å². The highest BCUT2D eigenvalue weighted by molar-refractivity contribution is 6.46. The van der Waals surface area contributed by atoms with Gasteiger partial charge in [-0.2, -0.15) is 0 Å². The number of aliphatic hydroxyl groups is 1. The van der Waals surface area contributed by atoms with E-state index in [1.54, 1.807) is 61.2 Å². The smallest absolute Gasteiger partial charge is 0.295 e. The molecule has 0 aliphatic carbocycles. The molecule has 1 N–H and O–H groups in total. The zero-order chi connectivity index (χ0) is 23.5. The standard InChI is InChI=1S/C26H25N3O4/c1-16(2)33-21-9-8-19(12-17(21)3)24(30)22-23(20-7-5-11-28-14-20)29(26(32)25(22)31)15-18-6-4-10-27-13-18/h4-14,16,23,30H,15H2,1-3H3/t23-/m1/s1. The van der Waals surface area contributed by atoms with Crippen molar-refractivity contribution in [2.75, 3.05) is 0 Å². The van der Waals surface area contributed by atoms with Gasteiger partial charge < -0.3 is 14.7 Å². The minimum atomic E-state index is -0.772. The molecule has 1 aliphatic rings. The Labute approximate surface area is 192 Å². The van der Waals surface area contributed by atoms with Gasteiger partial charge in [0.05, 0.1) is 17.7 Å². The molecular formula is C26H25N3O4. The van der Waals surface area contributed by atoms with Crippen molar-refractivity contribution in [1.82, 2.24) is 14.9 Å². The van der Waals surface area contributed by atoms with Gasteiger partial charge in [0, 0.05) is 36.9 Å². The predicted molar refractivity (Wildman–Crippen MR) is 123 cm³/mol. The van der Waals surface area contributed by atoms with Crippen LogP contribution in [0.3, 0.4) is 0 Å². The molecule has 0 unspecified atom stereocenters. The van der Waals surface area contributed by atoms with E-state index in [4.69, 9.17) is 4.74 Å². The molecule has 1 saturated heterocycles. The summed E-state index contributed by atoms with van der Waals surface area (Å²) in [7, 11) is 0. The number of amides is 1. The molecule has 1 amide bonds. The maximum atomic E-state index is 13.1. The molecule has 7 nitrogen and oxygen atoms in total. The highest BCUT2D eigenvalue weighted by Gasteiger charge is 2.46. The molecule has 1 aliphatic heterocycles. The fraction of sp³-hybridized carbons (Fsp3) is 0.231. The number of benzene rings is 1. The molecule has 0 radical (unpaired) electrons. The van der Waals surface area contributed by atoms with Crippen molar-refractivity contribution in [2.24, 2.45) is 0 Å². The first-order valence-corrected chi connectivity index (χ1v) is 10.7. The number of Topliss-reactive ketones (excluding diaryl/α,β-unsaturated/α-hetero) is 1. The van der Waals surface area contributed by atoms with Crippen LogP contribution in [0.2, 0.25) is 0 Å². The van der Waals surface area contributed by atoms with Gasteiger partial charge in [0.15, 0.2) is 0 Å². The summed E-state index contributed by atoms with van der Waals surface area (Å²) in [6.07, 6.45) is 6.52. The van der Waals surface area contributed by atoms with E-state index in [2.05, 4.69) is 9.97 Å². The monoisotopic (exact) mass is 443 g/mol. The van der Waals surface area contributed by atoms with Crippen molar-refractivity contribution >= 4 is 17.4 Å². The van der Waals surface area contributed by atoms with E-state index >= 15 is 0 Å². The summed E-state index contributed by atoms with van der Waals surface area (Å²) in [4.78, 5) is 35.9. The van der Waals surface area contributed by atoms with E-state index in [1.165, 1.54) is 4.90 Å². The number of hydrogen-bond acceptors (Lipinski definition) is 6. The molecule has 33 heavy (non-hydrogen) atoms. The van der Waals surface area contributed by atoms with Crippen LogP contribution in [0.5, 0.6) is 5.75 Å². The van der Waals surface area contributed by atoms with E-state index in [-0.39, 0.29) is 24.0 Å². The molecule has 1 aromatic carbocycles. The zero-order valence-electron chi connectivity index (χ0n) is 18.7. The Kier molecular flexibility index (Phi) is 6.22. The van der Waals surface area contributed by atoms with Crippen molar-refractivity contribution in [3.63, 3.8) is 0 Å². The third kappa shape index (κ3) is 4.48. The lowest BCUT2D eigenvalue weighted by molar-refractivity contribution is -0.140. The molecule has 1 fully saturated rings. The van der Waals surface area contributed by atoms with E-state index < -0.39 is 17.7 Å². The number of ketones is 1. The second-order valence-corrected chi connectivity index (χ2v) is 8.22. The van der Waals surface area contributed by atoms with Gasteiger partial charge in [-0.15, -0.1) is 0 Å². The van der Waals surface area contributed by atoms with Crippen molar-refractivity contribution in [1.29, 1.82) is 0 Å². The molecule has 168 valence electrons. The molecule has 1 atom stereocenters. The maximum Gasteiger partial charge on any atom is 0.295 e. The summed E-state index contributed by atoms with van der Waals surface area (Å²) in [6.45, 7) is 5.92. The number of aryl methyl sites for hydroxylation is 1. The number of ether oxygens (including phenoxy) is 1. The van der Waals surface area contributed by atoms with Gasteiger partial charge in [-0.25, -0.2) is 0 Å². The van der Waals surface area contributed by atoms with Crippen molar-refractivity contribution in [2.45, 2.75) is 39.5 Å². The number of nitrogens with zero attached hydrogens (tertiary/aromatic N) is 3. The predicted octanol–water partition coefficient (Wildman–Crippen LogP) is 4.19. The quantitative estimate of drug-likeness (QED) is 0.349. The molecule has 4 rings (SSSR count). The number of pyridine rings is 2. The number of likely N-dealkylation sites (tertiary alicyclic amines) is 1. The summed E-state index contributed by atoms with van der Waals surface area (Å²) in [5, 5.41) is 11.2.